The molecular weight excluding hydrogens is 336 g/mol. The van der Waals surface area contributed by atoms with Gasteiger partial charge < -0.3 is 24.1 Å². The van der Waals surface area contributed by atoms with Crippen LogP contribution in [0.5, 0.6) is 0 Å². The minimum Gasteiger partial charge on any atom is -0.461 e. The zero-order valence-corrected chi connectivity index (χ0v) is 15.6. The number of hydrogen-bond acceptors (Lipinski definition) is 6. The lowest BCUT2D eigenvalue weighted by atomic mass is 9.44. The summed E-state index contributed by atoms with van der Waals surface area (Å²) in [6.45, 7) is 5.35. The van der Waals surface area contributed by atoms with Crippen LogP contribution in [0.3, 0.4) is 0 Å². The molecule has 0 aromatic heterocycles. The largest absolute Gasteiger partial charge is 0.461 e. The molecule has 4 saturated heterocycles. The maximum atomic E-state index is 12.8. The van der Waals surface area contributed by atoms with Crippen molar-refractivity contribution in [3.8, 4) is 0 Å². The van der Waals surface area contributed by atoms with Crippen LogP contribution in [-0.2, 0) is 23.7 Å². The average molecular weight is 364 g/mol. The number of rotatable bonds is 0. The van der Waals surface area contributed by atoms with Crippen molar-refractivity contribution in [3.63, 3.8) is 0 Å². The molecule has 26 heavy (non-hydrogen) atoms. The smallest absolute Gasteiger partial charge is 0.312 e. The van der Waals surface area contributed by atoms with E-state index in [0.717, 1.165) is 32.1 Å². The Morgan fingerprint density at radius 1 is 1.08 bits per heavy atom. The molecule has 0 aromatic carbocycles. The molecule has 0 amide bonds. The lowest BCUT2D eigenvalue weighted by molar-refractivity contribution is -0.250. The van der Waals surface area contributed by atoms with Crippen molar-refractivity contribution < 1.29 is 28.8 Å². The first-order valence-electron chi connectivity index (χ1n) is 10.1. The number of hydrogen-bond donors (Lipinski definition) is 1. The van der Waals surface area contributed by atoms with Crippen LogP contribution in [0.2, 0.25) is 0 Å². The molecule has 2 aliphatic carbocycles. The van der Waals surface area contributed by atoms with E-state index in [1.54, 1.807) is 0 Å². The monoisotopic (exact) mass is 364 g/mol. The molecule has 1 N–H and O–H groups in total. The summed E-state index contributed by atoms with van der Waals surface area (Å²) >= 11 is 0. The van der Waals surface area contributed by atoms with E-state index < -0.39 is 28.5 Å². The highest BCUT2D eigenvalue weighted by atomic mass is 16.7. The molecule has 6 heteroatoms. The third-order valence-electron chi connectivity index (χ3n) is 9.00. The zero-order valence-electron chi connectivity index (χ0n) is 15.6. The molecule has 3 spiro atoms. The Balaban J connectivity index is 1.50. The van der Waals surface area contributed by atoms with E-state index in [-0.39, 0.29) is 23.4 Å². The van der Waals surface area contributed by atoms with Crippen LogP contribution in [0.1, 0.15) is 58.8 Å². The summed E-state index contributed by atoms with van der Waals surface area (Å²) in [5, 5.41) is 9.96. The first-order chi connectivity index (χ1) is 12.3. The Labute approximate surface area is 153 Å². The van der Waals surface area contributed by atoms with E-state index in [2.05, 4.69) is 13.8 Å². The predicted molar refractivity (Wildman–Crippen MR) is 89.1 cm³/mol. The van der Waals surface area contributed by atoms with Crippen LogP contribution in [0, 0.1) is 16.7 Å². The van der Waals surface area contributed by atoms with Crippen molar-refractivity contribution in [3.05, 3.63) is 0 Å². The highest BCUT2D eigenvalue weighted by molar-refractivity contribution is 5.80. The minimum absolute atomic E-state index is 0.0230. The molecule has 6 aliphatic rings. The summed E-state index contributed by atoms with van der Waals surface area (Å²) in [6.07, 6.45) is 5.16. The molecule has 144 valence electrons. The predicted octanol–water partition coefficient (Wildman–Crippen LogP) is 1.92. The molecule has 4 heterocycles. The first-order valence-corrected chi connectivity index (χ1v) is 10.1. The lowest BCUT2D eigenvalue weighted by Crippen LogP contribution is -2.69. The van der Waals surface area contributed by atoms with Crippen molar-refractivity contribution >= 4 is 5.97 Å². The molecule has 8 atom stereocenters. The number of carbonyl (C=O) groups excluding carboxylic acids is 1. The Bertz CT molecular complexity index is 696. The summed E-state index contributed by atoms with van der Waals surface area (Å²) in [4.78, 5) is 12.8. The molecule has 2 saturated carbocycles. The van der Waals surface area contributed by atoms with Gasteiger partial charge in [-0.25, -0.2) is 0 Å². The van der Waals surface area contributed by atoms with E-state index in [0.29, 0.717) is 26.1 Å². The molecule has 4 aliphatic heterocycles. The number of carbonyl (C=O) groups is 1. The van der Waals surface area contributed by atoms with E-state index >= 15 is 0 Å². The number of esters is 1. The van der Waals surface area contributed by atoms with Gasteiger partial charge in [0.05, 0.1) is 29.8 Å². The fourth-order valence-electron chi connectivity index (χ4n) is 7.99. The quantitative estimate of drug-likeness (QED) is 0.662. The van der Waals surface area contributed by atoms with Crippen molar-refractivity contribution in [2.24, 2.45) is 16.7 Å². The fourth-order valence-corrected chi connectivity index (χ4v) is 7.99. The molecule has 6 fully saturated rings. The zero-order chi connectivity index (χ0) is 18.0. The van der Waals surface area contributed by atoms with Crippen LogP contribution in [-0.4, -0.2) is 53.5 Å². The fraction of sp³-hybridized carbons (Fsp3) is 0.950. The summed E-state index contributed by atoms with van der Waals surface area (Å²) in [5.74, 6) is 0.138. The minimum atomic E-state index is -0.738. The number of ether oxygens (including phenoxy) is 4. The van der Waals surface area contributed by atoms with Gasteiger partial charge in [0.1, 0.15) is 11.7 Å². The van der Waals surface area contributed by atoms with Crippen LogP contribution < -0.4 is 0 Å². The second-order valence-electron chi connectivity index (χ2n) is 10.2. The molecule has 0 unspecified atom stereocenters. The topological polar surface area (TPSA) is 74.2 Å². The van der Waals surface area contributed by atoms with E-state index in [1.807, 2.05) is 0 Å². The van der Waals surface area contributed by atoms with Gasteiger partial charge in [0.15, 0.2) is 6.29 Å². The standard InChI is InChI=1S/C20H28O6/c1-16-4-3-5-19-11-24-17(2,8-12(14(16)19)25-15(16)22)20(19)7-6-18(26-20)9-13(21)23-10-18/h12-14,21H,3-11H2,1-2H3/t12-,13+,14+,16+,17-,18+,19-,20-/m1/s1. The highest BCUT2D eigenvalue weighted by Crippen LogP contribution is 2.75. The van der Waals surface area contributed by atoms with Gasteiger partial charge in [-0.05, 0) is 39.5 Å². The maximum Gasteiger partial charge on any atom is 0.312 e. The van der Waals surface area contributed by atoms with Gasteiger partial charge in [0.25, 0.3) is 0 Å². The molecule has 2 bridgehead atoms. The van der Waals surface area contributed by atoms with Gasteiger partial charge in [0, 0.05) is 24.2 Å². The van der Waals surface area contributed by atoms with Gasteiger partial charge in [0.2, 0.25) is 0 Å². The Kier molecular flexibility index (Phi) is 2.80. The Hall–Kier alpha value is -0.690. The normalized spacial score (nSPS) is 62.9. The Morgan fingerprint density at radius 2 is 1.92 bits per heavy atom. The Morgan fingerprint density at radius 3 is 2.69 bits per heavy atom. The van der Waals surface area contributed by atoms with E-state index in [4.69, 9.17) is 18.9 Å². The summed E-state index contributed by atoms with van der Waals surface area (Å²) in [6, 6.07) is 0. The van der Waals surface area contributed by atoms with Crippen molar-refractivity contribution in [1.29, 1.82) is 0 Å². The van der Waals surface area contributed by atoms with Crippen LogP contribution in [0.4, 0.5) is 0 Å². The summed E-state index contributed by atoms with van der Waals surface area (Å²) in [7, 11) is 0. The molecule has 0 radical (unpaired) electrons. The molecule has 6 rings (SSSR count). The van der Waals surface area contributed by atoms with E-state index in [1.165, 1.54) is 0 Å². The first kappa shape index (κ1) is 16.3. The van der Waals surface area contributed by atoms with Gasteiger partial charge >= 0.3 is 5.97 Å². The van der Waals surface area contributed by atoms with E-state index in [9.17, 15) is 9.90 Å². The highest BCUT2D eigenvalue weighted by Gasteiger charge is 2.83. The third-order valence-corrected chi connectivity index (χ3v) is 9.00. The third kappa shape index (κ3) is 1.52. The van der Waals surface area contributed by atoms with Gasteiger partial charge in [-0.2, -0.15) is 0 Å². The molecule has 0 aromatic rings. The second kappa shape index (κ2) is 4.48. The summed E-state index contributed by atoms with van der Waals surface area (Å²) < 4.78 is 24.9. The molecule has 6 nitrogen and oxygen atoms in total. The average Bonchev–Trinajstić information content (AvgIpc) is 3.24. The van der Waals surface area contributed by atoms with Gasteiger partial charge in [-0.1, -0.05) is 6.42 Å². The number of aliphatic hydroxyl groups is 1. The second-order valence-corrected chi connectivity index (χ2v) is 10.2. The SMILES string of the molecule is C[C@]12C[C@H]3OC(=O)[C@@]4(C)CCC[C@@](CO1)([C@@H]34)[C@@]21CC[C@]2(CO[C@H](O)C2)O1. The van der Waals surface area contributed by atoms with Gasteiger partial charge in [-0.3, -0.25) is 4.79 Å². The summed E-state index contributed by atoms with van der Waals surface area (Å²) in [5.41, 5.74) is -1.87. The van der Waals surface area contributed by atoms with Crippen molar-refractivity contribution in [2.75, 3.05) is 13.2 Å². The van der Waals surface area contributed by atoms with Crippen molar-refractivity contribution in [2.45, 2.75) is 88.0 Å². The number of aliphatic hydroxyl groups excluding tert-OH is 1. The van der Waals surface area contributed by atoms with Crippen LogP contribution in [0.25, 0.3) is 0 Å². The molecular formula is C20H28O6. The van der Waals surface area contributed by atoms with Gasteiger partial charge in [-0.15, -0.1) is 0 Å². The maximum absolute atomic E-state index is 12.8. The lowest BCUT2D eigenvalue weighted by Gasteiger charge is -2.60. The van der Waals surface area contributed by atoms with Crippen LogP contribution >= 0.6 is 0 Å². The van der Waals surface area contributed by atoms with Crippen molar-refractivity contribution in [1.82, 2.24) is 0 Å². The van der Waals surface area contributed by atoms with Crippen LogP contribution in [0.15, 0.2) is 0 Å².